The third-order valence-corrected chi connectivity index (χ3v) is 0.537. The molecule has 0 aliphatic carbocycles. The van der Waals surface area contributed by atoms with E-state index < -0.39 is 5.83 Å². The molecular weight excluding hydrogens is 93.1 g/mol. The Kier molecular flexibility index (Phi) is 3.19. The van der Waals surface area contributed by atoms with Crippen LogP contribution in [0.4, 0.5) is 4.39 Å². The molecule has 0 aromatic carbocycles. The van der Waals surface area contributed by atoms with Crippen molar-refractivity contribution in [1.82, 2.24) is 0 Å². The van der Waals surface area contributed by atoms with Crippen molar-refractivity contribution in [3.05, 3.63) is 11.9 Å². The third kappa shape index (κ3) is 3.16. The maximum Gasteiger partial charge on any atom is 0.136 e. The minimum atomic E-state index is -0.456. The molecular formula is C5H8FN. The van der Waals surface area contributed by atoms with Crippen LogP contribution in [0.3, 0.4) is 0 Å². The smallest absolute Gasteiger partial charge is 0.136 e. The molecule has 0 aromatic heterocycles. The van der Waals surface area contributed by atoms with Gasteiger partial charge in [-0.2, -0.15) is 0 Å². The molecule has 0 bridgehead atoms. The van der Waals surface area contributed by atoms with Gasteiger partial charge in [-0.3, -0.25) is 0 Å². The lowest BCUT2D eigenvalue weighted by Gasteiger charge is -1.77. The molecule has 2 heteroatoms. The maximum absolute atomic E-state index is 11.8. The second-order valence-corrected chi connectivity index (χ2v) is 1.14. The highest BCUT2D eigenvalue weighted by Crippen LogP contribution is 1.91. The van der Waals surface area contributed by atoms with Crippen LogP contribution in [0.15, 0.2) is 11.9 Å². The van der Waals surface area contributed by atoms with E-state index in [1.165, 1.54) is 6.08 Å². The summed E-state index contributed by atoms with van der Waals surface area (Å²) >= 11 is 0. The fraction of sp³-hybridized carbons (Fsp3) is 0.400. The molecule has 0 radical (unpaired) electrons. The molecule has 0 fully saturated rings. The first-order valence-electron chi connectivity index (χ1n) is 2.17. The van der Waals surface area contributed by atoms with E-state index in [1.807, 2.05) is 6.92 Å². The first-order chi connectivity index (χ1) is 3.31. The monoisotopic (exact) mass is 101 g/mol. The molecule has 0 aliphatic rings. The Morgan fingerprint density at radius 1 is 1.86 bits per heavy atom. The molecule has 0 rings (SSSR count). The van der Waals surface area contributed by atoms with Crippen LogP contribution in [0.5, 0.6) is 0 Å². The quantitative estimate of drug-likeness (QED) is 0.513. The fourth-order valence-corrected chi connectivity index (χ4v) is 0.254. The number of hydrogen-bond acceptors (Lipinski definition) is 1. The van der Waals surface area contributed by atoms with Crippen LogP contribution in [0.2, 0.25) is 0 Å². The molecule has 0 spiro atoms. The standard InChI is InChI=1S/C5H8FN/c1-2-3-5(6)4-7/h3-4,7H,2H2,1H3/b5-3+,7-4?. The lowest BCUT2D eigenvalue weighted by atomic mass is 10.4. The van der Waals surface area contributed by atoms with Gasteiger partial charge < -0.3 is 5.41 Å². The molecule has 0 amide bonds. The van der Waals surface area contributed by atoms with E-state index in [0.717, 1.165) is 0 Å². The topological polar surface area (TPSA) is 23.9 Å². The lowest BCUT2D eigenvalue weighted by molar-refractivity contribution is 0.679. The summed E-state index contributed by atoms with van der Waals surface area (Å²) in [5.74, 6) is -0.456. The summed E-state index contributed by atoms with van der Waals surface area (Å²) in [6.07, 6.45) is 2.71. The van der Waals surface area contributed by atoms with E-state index in [9.17, 15) is 4.39 Å². The second kappa shape index (κ2) is 3.53. The zero-order valence-electron chi connectivity index (χ0n) is 4.24. The molecule has 0 unspecified atom stereocenters. The van der Waals surface area contributed by atoms with Crippen LogP contribution in [-0.4, -0.2) is 6.21 Å². The predicted octanol–water partition coefficient (Wildman–Crippen LogP) is 1.90. The van der Waals surface area contributed by atoms with E-state index in [2.05, 4.69) is 0 Å². The largest absolute Gasteiger partial charge is 0.306 e. The molecule has 0 heterocycles. The van der Waals surface area contributed by atoms with Gasteiger partial charge in [0, 0.05) is 0 Å². The zero-order valence-corrected chi connectivity index (χ0v) is 4.24. The van der Waals surface area contributed by atoms with Crippen molar-refractivity contribution >= 4 is 6.21 Å². The molecule has 40 valence electrons. The average Bonchev–Trinajstić information content (AvgIpc) is 1.68. The van der Waals surface area contributed by atoms with Gasteiger partial charge in [0.1, 0.15) is 5.83 Å². The third-order valence-electron chi connectivity index (χ3n) is 0.537. The van der Waals surface area contributed by atoms with E-state index >= 15 is 0 Å². The number of rotatable bonds is 2. The molecule has 7 heavy (non-hydrogen) atoms. The van der Waals surface area contributed by atoms with Crippen molar-refractivity contribution in [3.8, 4) is 0 Å². The predicted molar refractivity (Wildman–Crippen MR) is 28.3 cm³/mol. The number of hydrogen-bond donors (Lipinski definition) is 1. The van der Waals surface area contributed by atoms with Gasteiger partial charge >= 0.3 is 0 Å². The fourth-order valence-electron chi connectivity index (χ4n) is 0.254. The van der Waals surface area contributed by atoms with Crippen LogP contribution in [0, 0.1) is 5.41 Å². The first kappa shape index (κ1) is 6.34. The van der Waals surface area contributed by atoms with Gasteiger partial charge in [-0.05, 0) is 12.5 Å². The van der Waals surface area contributed by atoms with Crippen molar-refractivity contribution in [1.29, 1.82) is 5.41 Å². The molecule has 0 atom stereocenters. The van der Waals surface area contributed by atoms with Crippen LogP contribution >= 0.6 is 0 Å². The summed E-state index contributed by atoms with van der Waals surface area (Å²) in [7, 11) is 0. The lowest BCUT2D eigenvalue weighted by Crippen LogP contribution is -1.68. The molecule has 1 nitrogen and oxygen atoms in total. The Morgan fingerprint density at radius 3 is 2.57 bits per heavy atom. The van der Waals surface area contributed by atoms with Crippen LogP contribution < -0.4 is 0 Å². The molecule has 1 N–H and O–H groups in total. The number of allylic oxidation sites excluding steroid dienone is 2. The van der Waals surface area contributed by atoms with Gasteiger partial charge in [-0.25, -0.2) is 4.39 Å². The minimum Gasteiger partial charge on any atom is -0.306 e. The molecule has 0 saturated carbocycles. The molecule has 0 saturated heterocycles. The molecule has 0 aromatic rings. The van der Waals surface area contributed by atoms with Crippen molar-refractivity contribution in [2.75, 3.05) is 0 Å². The summed E-state index contributed by atoms with van der Waals surface area (Å²) in [4.78, 5) is 0. The van der Waals surface area contributed by atoms with Gasteiger partial charge in [0.25, 0.3) is 0 Å². The highest BCUT2D eigenvalue weighted by Gasteiger charge is 1.79. The summed E-state index contributed by atoms with van der Waals surface area (Å²) < 4.78 is 11.8. The minimum absolute atomic E-state index is 0.456. The van der Waals surface area contributed by atoms with Crippen molar-refractivity contribution in [2.24, 2.45) is 0 Å². The van der Waals surface area contributed by atoms with Crippen LogP contribution in [0.25, 0.3) is 0 Å². The molecule has 0 aliphatic heterocycles. The summed E-state index contributed by atoms with van der Waals surface area (Å²) in [5.41, 5.74) is 0. The van der Waals surface area contributed by atoms with E-state index in [1.54, 1.807) is 0 Å². The summed E-state index contributed by atoms with van der Waals surface area (Å²) in [5, 5.41) is 6.34. The zero-order chi connectivity index (χ0) is 5.70. The van der Waals surface area contributed by atoms with E-state index in [4.69, 9.17) is 5.41 Å². The Bertz CT molecular complexity index is 86.1. The van der Waals surface area contributed by atoms with Gasteiger partial charge in [-0.1, -0.05) is 6.92 Å². The van der Waals surface area contributed by atoms with Gasteiger partial charge in [-0.15, -0.1) is 0 Å². The van der Waals surface area contributed by atoms with E-state index in [0.29, 0.717) is 12.6 Å². The van der Waals surface area contributed by atoms with Gasteiger partial charge in [0.2, 0.25) is 0 Å². The number of halogens is 1. The normalized spacial score (nSPS) is 11.4. The van der Waals surface area contributed by atoms with Crippen molar-refractivity contribution in [2.45, 2.75) is 13.3 Å². The number of nitrogens with one attached hydrogen (secondary N) is 1. The average molecular weight is 101 g/mol. The van der Waals surface area contributed by atoms with E-state index in [-0.39, 0.29) is 0 Å². The summed E-state index contributed by atoms with van der Waals surface area (Å²) in [6, 6.07) is 0. The van der Waals surface area contributed by atoms with Crippen molar-refractivity contribution in [3.63, 3.8) is 0 Å². The SMILES string of the molecule is CC/C=C(/F)C=N. The van der Waals surface area contributed by atoms with Crippen LogP contribution in [-0.2, 0) is 0 Å². The Morgan fingerprint density at radius 2 is 2.43 bits per heavy atom. The second-order valence-electron chi connectivity index (χ2n) is 1.14. The highest BCUT2D eigenvalue weighted by molar-refractivity contribution is 5.72. The Hall–Kier alpha value is -0.660. The Balaban J connectivity index is 3.49. The van der Waals surface area contributed by atoms with Gasteiger partial charge in [0.15, 0.2) is 0 Å². The summed E-state index contributed by atoms with van der Waals surface area (Å²) in [6.45, 7) is 1.82. The Labute approximate surface area is 42.4 Å². The first-order valence-corrected chi connectivity index (χ1v) is 2.17. The van der Waals surface area contributed by atoms with Gasteiger partial charge in [0.05, 0.1) is 6.21 Å². The maximum atomic E-state index is 11.8. The van der Waals surface area contributed by atoms with Crippen molar-refractivity contribution < 1.29 is 4.39 Å². The van der Waals surface area contributed by atoms with Crippen LogP contribution in [0.1, 0.15) is 13.3 Å². The highest BCUT2D eigenvalue weighted by atomic mass is 19.1.